The molecule has 2 aromatic carbocycles. The monoisotopic (exact) mass is 336 g/mol. The van der Waals surface area contributed by atoms with Crippen LogP contribution >= 0.6 is 23.2 Å². The van der Waals surface area contributed by atoms with Gasteiger partial charge in [0.25, 0.3) is 0 Å². The summed E-state index contributed by atoms with van der Waals surface area (Å²) in [6.45, 7) is 6.96. The molecule has 1 fully saturated rings. The molecule has 1 heterocycles. The van der Waals surface area contributed by atoms with Crippen LogP contribution in [0.15, 0.2) is 48.5 Å². The summed E-state index contributed by atoms with van der Waals surface area (Å²) in [5.41, 5.74) is 2.63. The normalized spacial score (nSPS) is 21.7. The fraction of sp³-hybridized carbons (Fsp3) is 0.333. The third kappa shape index (κ3) is 4.23. The predicted molar refractivity (Wildman–Crippen MR) is 91.7 cm³/mol. The molecule has 0 atom stereocenters. The second kappa shape index (κ2) is 7.47. The minimum Gasteiger partial charge on any atom is -0.322 e. The Balaban J connectivity index is 1.50. The van der Waals surface area contributed by atoms with E-state index in [-0.39, 0.29) is 0 Å². The number of hydrogen-bond donors (Lipinski definition) is 2. The van der Waals surface area contributed by atoms with E-state index in [4.69, 9.17) is 23.2 Å². The average Bonchev–Trinajstić information content (AvgIpc) is 2.54. The van der Waals surface area contributed by atoms with E-state index < -0.39 is 0 Å². The van der Waals surface area contributed by atoms with Gasteiger partial charge in [0.1, 0.15) is 39.3 Å². The van der Waals surface area contributed by atoms with Crippen LogP contribution in [0.4, 0.5) is 0 Å². The van der Waals surface area contributed by atoms with Gasteiger partial charge in [0.15, 0.2) is 0 Å². The van der Waals surface area contributed by atoms with Crippen molar-refractivity contribution in [3.63, 3.8) is 0 Å². The second-order valence-corrected chi connectivity index (χ2v) is 6.92. The molecule has 2 N–H and O–H groups in total. The third-order valence-electron chi connectivity index (χ3n) is 4.43. The van der Waals surface area contributed by atoms with Crippen molar-refractivity contribution in [1.29, 1.82) is 0 Å². The number of quaternary nitrogens is 2. The molecule has 0 aliphatic carbocycles. The Morgan fingerprint density at radius 2 is 1.32 bits per heavy atom. The maximum atomic E-state index is 6.26. The first kappa shape index (κ1) is 15.8. The van der Waals surface area contributed by atoms with Crippen molar-refractivity contribution in [1.82, 2.24) is 0 Å². The molecule has 4 heteroatoms. The van der Waals surface area contributed by atoms with Crippen molar-refractivity contribution in [2.75, 3.05) is 26.2 Å². The Labute approximate surface area is 142 Å². The molecule has 0 bridgehead atoms. The predicted octanol–water partition coefficient (Wildman–Crippen LogP) is 1.48. The third-order valence-corrected chi connectivity index (χ3v) is 5.05. The first-order chi connectivity index (χ1) is 10.7. The molecule has 22 heavy (non-hydrogen) atoms. The maximum Gasteiger partial charge on any atom is 0.127 e. The summed E-state index contributed by atoms with van der Waals surface area (Å²) >= 11 is 12.2. The van der Waals surface area contributed by atoms with Crippen LogP contribution in [-0.2, 0) is 13.1 Å². The molecule has 1 aliphatic rings. The molecule has 0 aromatic heterocycles. The van der Waals surface area contributed by atoms with Crippen LogP contribution in [0, 0.1) is 0 Å². The largest absolute Gasteiger partial charge is 0.322 e. The molecule has 0 radical (unpaired) electrons. The Morgan fingerprint density at radius 3 is 1.95 bits per heavy atom. The van der Waals surface area contributed by atoms with E-state index in [1.807, 2.05) is 24.3 Å². The number of hydrogen-bond acceptors (Lipinski definition) is 0. The van der Waals surface area contributed by atoms with E-state index in [2.05, 4.69) is 24.3 Å². The highest BCUT2D eigenvalue weighted by Crippen LogP contribution is 2.13. The summed E-state index contributed by atoms with van der Waals surface area (Å²) in [6.07, 6.45) is 0. The first-order valence-electron chi connectivity index (χ1n) is 7.86. The molecule has 3 rings (SSSR count). The van der Waals surface area contributed by atoms with Crippen molar-refractivity contribution < 1.29 is 9.80 Å². The lowest BCUT2D eigenvalue weighted by molar-refractivity contribution is -1.02. The summed E-state index contributed by atoms with van der Waals surface area (Å²) in [4.78, 5) is 3.29. The minimum absolute atomic E-state index is 0.813. The van der Waals surface area contributed by atoms with E-state index in [1.165, 1.54) is 37.3 Å². The number of benzene rings is 2. The van der Waals surface area contributed by atoms with Crippen LogP contribution in [0.25, 0.3) is 0 Å². The van der Waals surface area contributed by atoms with Crippen LogP contribution in [0.1, 0.15) is 11.1 Å². The zero-order valence-electron chi connectivity index (χ0n) is 12.6. The Kier molecular flexibility index (Phi) is 5.37. The van der Waals surface area contributed by atoms with Gasteiger partial charge < -0.3 is 9.80 Å². The standard InChI is InChI=1S/C18H20Cl2N2/c19-17-7-5-15(6-8-17)13-21-9-11-22(12-10-21)14-16-3-1-2-4-18(16)20/h1-8H,9-14H2/p+2. The number of piperazine rings is 1. The van der Waals surface area contributed by atoms with Crippen LogP contribution < -0.4 is 9.80 Å². The molecule has 0 unspecified atom stereocenters. The van der Waals surface area contributed by atoms with Crippen molar-refractivity contribution in [3.05, 3.63) is 69.7 Å². The highest BCUT2D eigenvalue weighted by atomic mass is 35.5. The number of nitrogens with one attached hydrogen (secondary N) is 2. The fourth-order valence-corrected chi connectivity index (χ4v) is 3.44. The van der Waals surface area contributed by atoms with E-state index in [0.717, 1.165) is 23.1 Å². The SMILES string of the molecule is Clc1ccc(C[NH+]2CC[NH+](Cc3ccccc3Cl)CC2)cc1. The van der Waals surface area contributed by atoms with E-state index >= 15 is 0 Å². The molecule has 116 valence electrons. The van der Waals surface area contributed by atoms with Gasteiger partial charge in [0.2, 0.25) is 0 Å². The molecular formula is C18H22Cl2N2+2. The minimum atomic E-state index is 0.813. The molecule has 2 aromatic rings. The van der Waals surface area contributed by atoms with Crippen LogP contribution in [0.3, 0.4) is 0 Å². The van der Waals surface area contributed by atoms with Gasteiger partial charge in [-0.25, -0.2) is 0 Å². The lowest BCUT2D eigenvalue weighted by Gasteiger charge is -2.30. The zero-order valence-corrected chi connectivity index (χ0v) is 14.1. The lowest BCUT2D eigenvalue weighted by Crippen LogP contribution is -3.27. The molecular weight excluding hydrogens is 315 g/mol. The van der Waals surface area contributed by atoms with E-state index in [1.54, 1.807) is 9.80 Å². The summed E-state index contributed by atoms with van der Waals surface area (Å²) in [7, 11) is 0. The van der Waals surface area contributed by atoms with Gasteiger partial charge in [-0.05, 0) is 18.2 Å². The van der Waals surface area contributed by atoms with Crippen LogP contribution in [0.5, 0.6) is 0 Å². The van der Waals surface area contributed by atoms with Gasteiger partial charge >= 0.3 is 0 Å². The molecule has 1 saturated heterocycles. The van der Waals surface area contributed by atoms with Crippen LogP contribution in [-0.4, -0.2) is 26.2 Å². The average molecular weight is 337 g/mol. The molecule has 1 aliphatic heterocycles. The van der Waals surface area contributed by atoms with Crippen molar-refractivity contribution in [2.45, 2.75) is 13.1 Å². The van der Waals surface area contributed by atoms with Gasteiger partial charge in [0.05, 0.1) is 0 Å². The van der Waals surface area contributed by atoms with Crippen molar-refractivity contribution in [3.8, 4) is 0 Å². The Hall–Kier alpha value is -1.06. The van der Waals surface area contributed by atoms with Gasteiger partial charge in [0, 0.05) is 21.2 Å². The van der Waals surface area contributed by atoms with E-state index in [0.29, 0.717) is 0 Å². The first-order valence-corrected chi connectivity index (χ1v) is 8.61. The smallest absolute Gasteiger partial charge is 0.127 e. The van der Waals surface area contributed by atoms with Gasteiger partial charge in [-0.1, -0.05) is 53.5 Å². The van der Waals surface area contributed by atoms with Gasteiger partial charge in [-0.3, -0.25) is 0 Å². The number of halogens is 2. The quantitative estimate of drug-likeness (QED) is 0.836. The molecule has 2 nitrogen and oxygen atoms in total. The van der Waals surface area contributed by atoms with Crippen molar-refractivity contribution >= 4 is 23.2 Å². The highest BCUT2D eigenvalue weighted by molar-refractivity contribution is 6.31. The fourth-order valence-electron chi connectivity index (χ4n) is 3.11. The Bertz CT molecular complexity index is 605. The van der Waals surface area contributed by atoms with Gasteiger partial charge in [-0.2, -0.15) is 0 Å². The van der Waals surface area contributed by atoms with Crippen LogP contribution in [0.2, 0.25) is 10.0 Å². The summed E-state index contributed by atoms with van der Waals surface area (Å²) in [5.74, 6) is 0. The summed E-state index contributed by atoms with van der Waals surface area (Å²) in [6, 6.07) is 16.4. The number of rotatable bonds is 4. The molecule has 0 amide bonds. The topological polar surface area (TPSA) is 8.88 Å². The Morgan fingerprint density at radius 1 is 0.727 bits per heavy atom. The van der Waals surface area contributed by atoms with Crippen molar-refractivity contribution in [2.24, 2.45) is 0 Å². The molecule has 0 saturated carbocycles. The summed E-state index contributed by atoms with van der Waals surface area (Å²) < 4.78 is 0. The summed E-state index contributed by atoms with van der Waals surface area (Å²) in [5, 5.41) is 1.71. The maximum absolute atomic E-state index is 6.26. The van der Waals surface area contributed by atoms with E-state index in [9.17, 15) is 0 Å². The molecule has 0 spiro atoms. The second-order valence-electron chi connectivity index (χ2n) is 6.07. The van der Waals surface area contributed by atoms with Gasteiger partial charge in [-0.15, -0.1) is 0 Å². The zero-order chi connectivity index (χ0) is 15.4. The lowest BCUT2D eigenvalue weighted by atomic mass is 10.1. The highest BCUT2D eigenvalue weighted by Gasteiger charge is 2.23.